The molecule has 0 saturated carbocycles. The average molecular weight is 416 g/mol. The van der Waals surface area contributed by atoms with Crippen molar-refractivity contribution in [3.63, 3.8) is 0 Å². The van der Waals surface area contributed by atoms with E-state index in [-0.39, 0.29) is 10.8 Å². The first-order chi connectivity index (χ1) is 13.2. The molecule has 3 aromatic rings. The maximum Gasteiger partial charge on any atom is 0.279 e. The zero-order valence-corrected chi connectivity index (χ0v) is 17.5. The van der Waals surface area contributed by atoms with Crippen LogP contribution in [0.3, 0.4) is 0 Å². The first-order valence-corrected chi connectivity index (χ1v) is 11.2. The molecule has 1 amide bonds. The Labute approximate surface area is 168 Å². The minimum absolute atomic E-state index is 0.240. The lowest BCUT2D eigenvalue weighted by molar-refractivity contribution is 0.0998. The molecule has 0 radical (unpaired) electrons. The van der Waals surface area contributed by atoms with Crippen LogP contribution in [0.15, 0.2) is 65.0 Å². The van der Waals surface area contributed by atoms with E-state index in [2.05, 4.69) is 11.6 Å². The summed E-state index contributed by atoms with van der Waals surface area (Å²) in [6.07, 6.45) is 2.89. The largest absolute Gasteiger partial charge is 0.378 e. The molecule has 146 valence electrons. The smallest absolute Gasteiger partial charge is 0.279 e. The lowest BCUT2D eigenvalue weighted by Crippen LogP contribution is -2.16. The maximum atomic E-state index is 12.6. The van der Waals surface area contributed by atoms with Gasteiger partial charge in [-0.1, -0.05) is 17.4 Å². The molecule has 28 heavy (non-hydrogen) atoms. The molecular formula is C20H21N3O3S2. The first kappa shape index (κ1) is 20.0. The molecule has 0 saturated heterocycles. The molecule has 0 N–H and O–H groups in total. The summed E-state index contributed by atoms with van der Waals surface area (Å²) in [4.78, 5) is 19.6. The number of hydrogen-bond acceptors (Lipinski definition) is 5. The summed E-state index contributed by atoms with van der Waals surface area (Å²) in [5.41, 5.74) is 2.30. The van der Waals surface area contributed by atoms with Gasteiger partial charge in [-0.15, -0.1) is 6.58 Å². The Morgan fingerprint density at radius 3 is 2.46 bits per heavy atom. The van der Waals surface area contributed by atoms with E-state index in [4.69, 9.17) is 0 Å². The van der Waals surface area contributed by atoms with Crippen molar-refractivity contribution in [3.8, 4) is 0 Å². The standard InChI is InChI=1S/C20H21N3O3S2/c1-5-12-23-17-11-10-16(28(4,25)26)13-18(17)27-20(23)21-19(24)14-6-8-15(9-7-14)22(2)3/h5-11,13H,1,12H2,2-4H3. The molecule has 2 aromatic carbocycles. The zero-order chi connectivity index (χ0) is 20.5. The van der Waals surface area contributed by atoms with Crippen molar-refractivity contribution in [1.29, 1.82) is 0 Å². The molecule has 8 heteroatoms. The van der Waals surface area contributed by atoms with Crippen molar-refractivity contribution in [1.82, 2.24) is 4.57 Å². The van der Waals surface area contributed by atoms with Gasteiger partial charge in [0.05, 0.1) is 15.1 Å². The minimum Gasteiger partial charge on any atom is -0.378 e. The molecule has 1 heterocycles. The van der Waals surface area contributed by atoms with Crippen LogP contribution in [0.1, 0.15) is 10.4 Å². The van der Waals surface area contributed by atoms with E-state index in [0.717, 1.165) is 15.9 Å². The van der Waals surface area contributed by atoms with E-state index >= 15 is 0 Å². The van der Waals surface area contributed by atoms with Crippen molar-refractivity contribution < 1.29 is 13.2 Å². The van der Waals surface area contributed by atoms with Gasteiger partial charge in [0.2, 0.25) is 0 Å². The minimum atomic E-state index is -3.31. The van der Waals surface area contributed by atoms with Crippen molar-refractivity contribution in [2.75, 3.05) is 25.3 Å². The number of carbonyl (C=O) groups excluding carboxylic acids is 1. The Balaban J connectivity index is 2.10. The van der Waals surface area contributed by atoms with Crippen LogP contribution < -0.4 is 9.70 Å². The van der Waals surface area contributed by atoms with E-state index in [1.165, 1.54) is 17.6 Å². The highest BCUT2D eigenvalue weighted by molar-refractivity contribution is 7.90. The van der Waals surface area contributed by atoms with Crippen LogP contribution in [-0.2, 0) is 16.4 Å². The number of thiazole rings is 1. The summed E-state index contributed by atoms with van der Waals surface area (Å²) in [7, 11) is 0.552. The van der Waals surface area contributed by atoms with Gasteiger partial charge < -0.3 is 9.47 Å². The number of anilines is 1. The van der Waals surface area contributed by atoms with Gasteiger partial charge in [0.25, 0.3) is 5.91 Å². The Morgan fingerprint density at radius 1 is 1.21 bits per heavy atom. The van der Waals surface area contributed by atoms with E-state index < -0.39 is 9.84 Å². The second-order valence-corrected chi connectivity index (χ2v) is 9.57. The number of benzene rings is 2. The number of amides is 1. The highest BCUT2D eigenvalue weighted by atomic mass is 32.2. The van der Waals surface area contributed by atoms with E-state index in [1.807, 2.05) is 35.7 Å². The number of hydrogen-bond donors (Lipinski definition) is 0. The van der Waals surface area contributed by atoms with E-state index in [9.17, 15) is 13.2 Å². The molecule has 3 rings (SSSR count). The number of rotatable bonds is 5. The third-order valence-electron chi connectivity index (χ3n) is 4.22. The Bertz CT molecular complexity index is 1220. The SMILES string of the molecule is C=CCn1c(=NC(=O)c2ccc(N(C)C)cc2)sc2cc(S(C)(=O)=O)ccc21. The Morgan fingerprint density at radius 2 is 1.89 bits per heavy atom. The molecule has 0 aliphatic carbocycles. The van der Waals surface area contributed by atoms with Gasteiger partial charge in [-0.3, -0.25) is 4.79 Å². The topological polar surface area (TPSA) is 71.7 Å². The molecule has 0 atom stereocenters. The zero-order valence-electron chi connectivity index (χ0n) is 15.9. The van der Waals surface area contributed by atoms with Crippen molar-refractivity contribution >= 4 is 43.0 Å². The number of sulfone groups is 1. The van der Waals surface area contributed by atoms with Crippen LogP contribution in [0.5, 0.6) is 0 Å². The number of nitrogens with zero attached hydrogens (tertiary/aromatic N) is 3. The summed E-state index contributed by atoms with van der Waals surface area (Å²) in [5.74, 6) is -0.349. The fourth-order valence-corrected chi connectivity index (χ4v) is 4.53. The van der Waals surface area contributed by atoms with Crippen molar-refractivity contribution in [2.45, 2.75) is 11.4 Å². The first-order valence-electron chi connectivity index (χ1n) is 8.51. The van der Waals surface area contributed by atoms with Gasteiger partial charge in [-0.05, 0) is 42.5 Å². The second kappa shape index (κ2) is 7.73. The fourth-order valence-electron chi connectivity index (χ4n) is 2.73. The van der Waals surface area contributed by atoms with E-state index in [1.54, 1.807) is 36.4 Å². The van der Waals surface area contributed by atoms with Crippen LogP contribution in [0.25, 0.3) is 10.2 Å². The lowest BCUT2D eigenvalue weighted by atomic mass is 10.2. The maximum absolute atomic E-state index is 12.6. The quantitative estimate of drug-likeness (QED) is 0.601. The average Bonchev–Trinajstić information content (AvgIpc) is 2.98. The van der Waals surface area contributed by atoms with Gasteiger partial charge >= 0.3 is 0 Å². The number of aromatic nitrogens is 1. The summed E-state index contributed by atoms with van der Waals surface area (Å²) in [5, 5.41) is 0. The van der Waals surface area contributed by atoms with Gasteiger partial charge in [-0.25, -0.2) is 8.42 Å². The number of allylic oxidation sites excluding steroid dienone is 1. The van der Waals surface area contributed by atoms with Gasteiger partial charge in [0, 0.05) is 38.1 Å². The van der Waals surface area contributed by atoms with Crippen molar-refractivity contribution in [2.24, 2.45) is 4.99 Å². The fraction of sp³-hybridized carbons (Fsp3) is 0.200. The summed E-state index contributed by atoms with van der Waals surface area (Å²) in [6.45, 7) is 4.22. The second-order valence-electron chi connectivity index (χ2n) is 6.54. The van der Waals surface area contributed by atoms with Crippen molar-refractivity contribution in [3.05, 3.63) is 65.5 Å². The molecule has 0 aliphatic heterocycles. The van der Waals surface area contributed by atoms with Crippen LogP contribution >= 0.6 is 11.3 Å². The third kappa shape index (κ3) is 4.07. The monoisotopic (exact) mass is 415 g/mol. The lowest BCUT2D eigenvalue weighted by Gasteiger charge is -2.11. The summed E-state index contributed by atoms with van der Waals surface area (Å²) >= 11 is 1.28. The molecular weight excluding hydrogens is 394 g/mol. The molecule has 0 unspecified atom stereocenters. The van der Waals surface area contributed by atoms with Crippen LogP contribution in [0.2, 0.25) is 0 Å². The van der Waals surface area contributed by atoms with Crippen LogP contribution in [0, 0.1) is 0 Å². The molecule has 0 fully saturated rings. The predicted molar refractivity (Wildman–Crippen MR) is 114 cm³/mol. The third-order valence-corrected chi connectivity index (χ3v) is 6.37. The molecule has 0 aliphatic rings. The molecule has 0 bridgehead atoms. The Hall–Kier alpha value is -2.71. The van der Waals surface area contributed by atoms with Gasteiger partial charge in [0.15, 0.2) is 14.6 Å². The number of carbonyl (C=O) groups is 1. The molecule has 1 aromatic heterocycles. The normalized spacial score (nSPS) is 12.3. The van der Waals surface area contributed by atoms with Crippen LogP contribution in [0.4, 0.5) is 5.69 Å². The molecule has 6 nitrogen and oxygen atoms in total. The van der Waals surface area contributed by atoms with Crippen LogP contribution in [-0.4, -0.2) is 39.2 Å². The van der Waals surface area contributed by atoms with Gasteiger partial charge in [0.1, 0.15) is 0 Å². The predicted octanol–water partition coefficient (Wildman–Crippen LogP) is 3.10. The summed E-state index contributed by atoms with van der Waals surface area (Å²) < 4.78 is 26.3. The van der Waals surface area contributed by atoms with E-state index in [0.29, 0.717) is 16.9 Å². The van der Waals surface area contributed by atoms with Gasteiger partial charge in [-0.2, -0.15) is 4.99 Å². The molecule has 0 spiro atoms. The summed E-state index contributed by atoms with van der Waals surface area (Å²) in [6, 6.07) is 12.1. The highest BCUT2D eigenvalue weighted by Gasteiger charge is 2.13. The highest BCUT2D eigenvalue weighted by Crippen LogP contribution is 2.22. The number of fused-ring (bicyclic) bond motifs is 1. The Kier molecular flexibility index (Phi) is 5.53.